The van der Waals surface area contributed by atoms with Crippen LogP contribution in [0.3, 0.4) is 0 Å². The molecule has 0 aliphatic heterocycles. The molecular formula is C18H20N4S. The van der Waals surface area contributed by atoms with Gasteiger partial charge in [0.1, 0.15) is 11.2 Å². The first kappa shape index (κ1) is 15.6. The molecule has 1 N–H and O–H groups in total. The lowest BCUT2D eigenvalue weighted by Crippen LogP contribution is -2.07. The lowest BCUT2D eigenvalue weighted by atomic mass is 9.94. The van der Waals surface area contributed by atoms with Crippen molar-refractivity contribution >= 4 is 33.1 Å². The summed E-state index contributed by atoms with van der Waals surface area (Å²) >= 11 is 1.71. The summed E-state index contributed by atoms with van der Waals surface area (Å²) in [6, 6.07) is 12.3. The van der Waals surface area contributed by atoms with Crippen LogP contribution in [0.2, 0.25) is 0 Å². The van der Waals surface area contributed by atoms with Gasteiger partial charge in [0.15, 0.2) is 5.82 Å². The summed E-state index contributed by atoms with van der Waals surface area (Å²) in [5.41, 5.74) is 5.21. The largest absolute Gasteiger partial charge is 0.260 e. The second kappa shape index (κ2) is 6.08. The number of thiophene rings is 1. The first-order valence-corrected chi connectivity index (χ1v) is 8.37. The molecule has 1 aromatic carbocycles. The van der Waals surface area contributed by atoms with E-state index in [2.05, 4.69) is 47.3 Å². The van der Waals surface area contributed by atoms with Crippen LogP contribution in [0.1, 0.15) is 38.1 Å². The van der Waals surface area contributed by atoms with Crippen LogP contribution in [0, 0.1) is 0 Å². The third-order valence-corrected chi connectivity index (χ3v) is 5.06. The maximum absolute atomic E-state index is 4.47. The molecule has 5 heteroatoms. The molecule has 0 saturated carbocycles. The van der Waals surface area contributed by atoms with E-state index in [-0.39, 0.29) is 5.41 Å². The van der Waals surface area contributed by atoms with Gasteiger partial charge in [0.05, 0.1) is 11.1 Å². The third kappa shape index (κ3) is 3.40. The Kier molecular flexibility index (Phi) is 4.13. The van der Waals surface area contributed by atoms with Crippen LogP contribution in [-0.2, 0) is 5.41 Å². The van der Waals surface area contributed by atoms with Crippen molar-refractivity contribution in [1.29, 1.82) is 0 Å². The fourth-order valence-electron chi connectivity index (χ4n) is 2.19. The van der Waals surface area contributed by atoms with Crippen LogP contribution in [0.25, 0.3) is 10.2 Å². The van der Waals surface area contributed by atoms with Gasteiger partial charge in [0.25, 0.3) is 0 Å². The van der Waals surface area contributed by atoms with E-state index in [1.165, 1.54) is 4.88 Å². The smallest absolute Gasteiger partial charge is 0.158 e. The minimum absolute atomic E-state index is 0.103. The molecule has 23 heavy (non-hydrogen) atoms. The van der Waals surface area contributed by atoms with Gasteiger partial charge in [-0.3, -0.25) is 5.43 Å². The summed E-state index contributed by atoms with van der Waals surface area (Å²) in [5.74, 6) is 0.747. The van der Waals surface area contributed by atoms with E-state index < -0.39 is 0 Å². The maximum Gasteiger partial charge on any atom is 0.158 e. The van der Waals surface area contributed by atoms with Gasteiger partial charge in [-0.15, -0.1) is 11.3 Å². The number of hydrogen-bond donors (Lipinski definition) is 1. The van der Waals surface area contributed by atoms with Crippen LogP contribution in [-0.4, -0.2) is 15.7 Å². The van der Waals surface area contributed by atoms with Gasteiger partial charge in [-0.1, -0.05) is 51.1 Å². The zero-order valence-electron chi connectivity index (χ0n) is 13.8. The molecule has 0 aliphatic rings. The van der Waals surface area contributed by atoms with Gasteiger partial charge in [0, 0.05) is 4.88 Å². The normalized spacial score (nSPS) is 12.6. The molecule has 0 amide bonds. The standard InChI is InChI=1S/C18H20N4S/c1-12(13-8-6-5-7-9-13)21-22-16-14-10-15(18(2,3)4)23-17(14)20-11-19-16/h5-11H,1-4H3,(H,19,20,22). The Labute approximate surface area is 140 Å². The van der Waals surface area contributed by atoms with Gasteiger partial charge >= 0.3 is 0 Å². The molecule has 118 valence electrons. The highest BCUT2D eigenvalue weighted by Gasteiger charge is 2.18. The molecule has 2 aromatic heterocycles. The van der Waals surface area contributed by atoms with Crippen molar-refractivity contribution in [3.05, 3.63) is 53.2 Å². The van der Waals surface area contributed by atoms with Crippen molar-refractivity contribution in [2.24, 2.45) is 5.10 Å². The summed E-state index contributed by atoms with van der Waals surface area (Å²) in [5, 5.41) is 5.49. The molecule has 3 rings (SSSR count). The molecule has 0 atom stereocenters. The number of fused-ring (bicyclic) bond motifs is 1. The number of hydrogen-bond acceptors (Lipinski definition) is 5. The van der Waals surface area contributed by atoms with E-state index >= 15 is 0 Å². The van der Waals surface area contributed by atoms with Crippen LogP contribution in [0.4, 0.5) is 5.82 Å². The second-order valence-electron chi connectivity index (χ2n) is 6.48. The third-order valence-electron chi connectivity index (χ3n) is 3.59. The van der Waals surface area contributed by atoms with E-state index in [0.29, 0.717) is 0 Å². The fourth-order valence-corrected chi connectivity index (χ4v) is 3.25. The molecule has 0 bridgehead atoms. The summed E-state index contributed by atoms with van der Waals surface area (Å²) in [7, 11) is 0. The van der Waals surface area contributed by atoms with Crippen LogP contribution >= 0.6 is 11.3 Å². The Morgan fingerprint density at radius 1 is 1.13 bits per heavy atom. The first-order chi connectivity index (χ1) is 10.9. The summed E-state index contributed by atoms with van der Waals surface area (Å²) in [6.07, 6.45) is 1.58. The Morgan fingerprint density at radius 2 is 1.87 bits per heavy atom. The fraction of sp³-hybridized carbons (Fsp3) is 0.278. The Balaban J connectivity index is 1.93. The van der Waals surface area contributed by atoms with Gasteiger partial charge in [-0.25, -0.2) is 9.97 Å². The highest BCUT2D eigenvalue weighted by molar-refractivity contribution is 7.18. The van der Waals surface area contributed by atoms with E-state index in [9.17, 15) is 0 Å². The molecule has 2 heterocycles. The van der Waals surface area contributed by atoms with Crippen molar-refractivity contribution in [3.63, 3.8) is 0 Å². The van der Waals surface area contributed by atoms with Gasteiger partial charge in [0.2, 0.25) is 0 Å². The predicted molar refractivity (Wildman–Crippen MR) is 98.4 cm³/mol. The second-order valence-corrected chi connectivity index (χ2v) is 7.51. The van der Waals surface area contributed by atoms with Crippen molar-refractivity contribution in [3.8, 4) is 0 Å². The molecule has 4 nitrogen and oxygen atoms in total. The van der Waals surface area contributed by atoms with Crippen LogP contribution in [0.15, 0.2) is 47.8 Å². The zero-order chi connectivity index (χ0) is 16.4. The summed E-state index contributed by atoms with van der Waals surface area (Å²) < 4.78 is 0. The maximum atomic E-state index is 4.47. The lowest BCUT2D eigenvalue weighted by molar-refractivity contribution is 0.604. The van der Waals surface area contributed by atoms with Crippen LogP contribution < -0.4 is 5.43 Å². The molecule has 0 fully saturated rings. The topological polar surface area (TPSA) is 50.2 Å². The molecular weight excluding hydrogens is 304 g/mol. The summed E-state index contributed by atoms with van der Waals surface area (Å²) in [4.78, 5) is 11.0. The van der Waals surface area contributed by atoms with Crippen molar-refractivity contribution in [2.45, 2.75) is 33.1 Å². The number of benzene rings is 1. The quantitative estimate of drug-likeness (QED) is 0.555. The minimum atomic E-state index is 0.103. The molecule has 0 spiro atoms. The number of nitrogens with zero attached hydrogens (tertiary/aromatic N) is 3. The number of aromatic nitrogens is 2. The average Bonchev–Trinajstić information content (AvgIpc) is 2.98. The molecule has 0 aliphatic carbocycles. The van der Waals surface area contributed by atoms with Gasteiger partial charge in [-0.05, 0) is 24.0 Å². The van der Waals surface area contributed by atoms with E-state index in [4.69, 9.17) is 0 Å². The Bertz CT molecular complexity index is 844. The molecule has 0 unspecified atom stereocenters. The van der Waals surface area contributed by atoms with Crippen molar-refractivity contribution in [1.82, 2.24) is 9.97 Å². The predicted octanol–water partition coefficient (Wildman–Crippen LogP) is 4.82. The minimum Gasteiger partial charge on any atom is -0.260 e. The average molecular weight is 324 g/mol. The number of nitrogens with one attached hydrogen (secondary N) is 1. The van der Waals surface area contributed by atoms with Gasteiger partial charge < -0.3 is 0 Å². The Hall–Kier alpha value is -2.27. The lowest BCUT2D eigenvalue weighted by Gasteiger charge is -2.14. The molecule has 0 radical (unpaired) electrons. The van der Waals surface area contributed by atoms with E-state index in [0.717, 1.165) is 27.3 Å². The van der Waals surface area contributed by atoms with Crippen molar-refractivity contribution in [2.75, 3.05) is 5.43 Å². The zero-order valence-corrected chi connectivity index (χ0v) is 14.6. The SMILES string of the molecule is CC(=NNc1ncnc2sc(C(C)(C)C)cc12)c1ccccc1. The highest BCUT2D eigenvalue weighted by atomic mass is 32.1. The van der Waals surface area contributed by atoms with E-state index in [1.54, 1.807) is 17.7 Å². The number of hydrazone groups is 1. The van der Waals surface area contributed by atoms with Crippen LogP contribution in [0.5, 0.6) is 0 Å². The van der Waals surface area contributed by atoms with E-state index in [1.807, 2.05) is 37.3 Å². The molecule has 3 aromatic rings. The Morgan fingerprint density at radius 3 is 2.57 bits per heavy atom. The highest BCUT2D eigenvalue weighted by Crippen LogP contribution is 2.35. The number of anilines is 1. The first-order valence-electron chi connectivity index (χ1n) is 7.56. The monoisotopic (exact) mass is 324 g/mol. The van der Waals surface area contributed by atoms with Gasteiger partial charge in [-0.2, -0.15) is 5.10 Å². The molecule has 0 saturated heterocycles. The number of rotatable bonds is 3. The summed E-state index contributed by atoms with van der Waals surface area (Å²) in [6.45, 7) is 8.59. The van der Waals surface area contributed by atoms with Crippen molar-refractivity contribution < 1.29 is 0 Å².